The summed E-state index contributed by atoms with van der Waals surface area (Å²) in [5.74, 6) is 0.170. The molecule has 0 bridgehead atoms. The number of benzene rings is 1. The van der Waals surface area contributed by atoms with Crippen LogP contribution in [0.5, 0.6) is 0 Å². The molecule has 2 amide bonds. The first-order chi connectivity index (χ1) is 12.6. The first kappa shape index (κ1) is 18.0. The molecule has 3 fully saturated rings. The van der Waals surface area contributed by atoms with E-state index in [0.717, 1.165) is 63.4 Å². The van der Waals surface area contributed by atoms with Crippen LogP contribution in [0.1, 0.15) is 37.7 Å². The second kappa shape index (κ2) is 7.29. The van der Waals surface area contributed by atoms with Crippen LogP contribution in [0.15, 0.2) is 24.3 Å². The number of quaternary nitrogens is 2. The zero-order valence-electron chi connectivity index (χ0n) is 15.2. The highest BCUT2D eigenvalue weighted by molar-refractivity contribution is 6.30. The molecule has 2 saturated heterocycles. The Morgan fingerprint density at radius 3 is 2.23 bits per heavy atom. The molecule has 0 atom stereocenters. The number of nitrogens with zero attached hydrogens (tertiary/aromatic N) is 1. The Morgan fingerprint density at radius 2 is 1.58 bits per heavy atom. The van der Waals surface area contributed by atoms with Crippen molar-refractivity contribution >= 4 is 23.4 Å². The lowest BCUT2D eigenvalue weighted by Crippen LogP contribution is -3.28. The van der Waals surface area contributed by atoms with Gasteiger partial charge in [0.15, 0.2) is 6.67 Å². The molecular formula is C20H28ClN3O2+2. The van der Waals surface area contributed by atoms with Gasteiger partial charge in [-0.3, -0.25) is 9.59 Å². The van der Waals surface area contributed by atoms with Crippen molar-refractivity contribution in [3.63, 3.8) is 0 Å². The minimum absolute atomic E-state index is 0.0559. The third-order valence-corrected chi connectivity index (χ3v) is 6.72. The van der Waals surface area contributed by atoms with Gasteiger partial charge in [0.1, 0.15) is 32.7 Å². The number of halogens is 1. The molecule has 1 spiro atoms. The number of hydrogen-bond acceptors (Lipinski definition) is 2. The topological polar surface area (TPSA) is 46.3 Å². The Balaban J connectivity index is 1.29. The Kier molecular flexibility index (Phi) is 5.04. The van der Waals surface area contributed by atoms with Gasteiger partial charge in [-0.15, -0.1) is 0 Å². The molecule has 1 aliphatic carbocycles. The fourth-order valence-electron chi connectivity index (χ4n) is 4.87. The van der Waals surface area contributed by atoms with E-state index >= 15 is 0 Å². The molecule has 26 heavy (non-hydrogen) atoms. The molecule has 0 unspecified atom stereocenters. The summed E-state index contributed by atoms with van der Waals surface area (Å²) >= 11 is 5.95. The first-order valence-corrected chi connectivity index (χ1v) is 10.2. The van der Waals surface area contributed by atoms with Crippen LogP contribution < -0.4 is 9.80 Å². The highest BCUT2D eigenvalue weighted by Crippen LogP contribution is 2.46. The number of carbonyl (C=O) groups is 2. The number of piperazine rings is 1. The van der Waals surface area contributed by atoms with E-state index in [0.29, 0.717) is 13.1 Å². The van der Waals surface area contributed by atoms with Gasteiger partial charge >= 0.3 is 0 Å². The van der Waals surface area contributed by atoms with Crippen molar-refractivity contribution in [3.8, 4) is 0 Å². The molecule has 5 nitrogen and oxygen atoms in total. The summed E-state index contributed by atoms with van der Waals surface area (Å²) in [6, 6.07) is 8.08. The Hall–Kier alpha value is -1.43. The van der Waals surface area contributed by atoms with Crippen molar-refractivity contribution in [3.05, 3.63) is 34.9 Å². The molecule has 3 aliphatic rings. The van der Waals surface area contributed by atoms with Gasteiger partial charge in [-0.05, 0) is 25.0 Å². The normalized spacial score (nSPS) is 28.3. The number of rotatable bonds is 4. The largest absolute Gasteiger partial charge is 0.322 e. The standard InChI is InChI=1S/C20H26ClN3O2/c21-17-5-3-16(4-6-17)14-22-9-11-23(12-10-22)15-24-18(25)13-20(19(24)26)7-1-2-8-20/h3-6H,1-2,7-15H2/p+2. The molecule has 2 aliphatic heterocycles. The molecule has 2 heterocycles. The monoisotopic (exact) mass is 377 g/mol. The van der Waals surface area contributed by atoms with Crippen molar-refractivity contribution in [1.29, 1.82) is 0 Å². The Bertz CT molecular complexity index is 677. The average molecular weight is 378 g/mol. The number of hydrogen-bond donors (Lipinski definition) is 2. The highest BCUT2D eigenvalue weighted by Gasteiger charge is 2.53. The smallest absolute Gasteiger partial charge is 0.240 e. The summed E-state index contributed by atoms with van der Waals surface area (Å²) in [5.41, 5.74) is 0.971. The highest BCUT2D eigenvalue weighted by atomic mass is 35.5. The number of likely N-dealkylation sites (tertiary alicyclic amines) is 1. The van der Waals surface area contributed by atoms with Crippen LogP contribution in [0.25, 0.3) is 0 Å². The van der Waals surface area contributed by atoms with E-state index in [1.807, 2.05) is 12.1 Å². The van der Waals surface area contributed by atoms with E-state index in [4.69, 9.17) is 11.6 Å². The van der Waals surface area contributed by atoms with Crippen LogP contribution in [0, 0.1) is 5.41 Å². The van der Waals surface area contributed by atoms with E-state index in [1.165, 1.54) is 10.5 Å². The van der Waals surface area contributed by atoms with Crippen LogP contribution in [-0.4, -0.2) is 49.6 Å². The minimum Gasteiger partial charge on any atom is -0.322 e. The Labute approximate surface area is 159 Å². The molecule has 1 aromatic rings. The van der Waals surface area contributed by atoms with Gasteiger partial charge in [-0.2, -0.15) is 0 Å². The fourth-order valence-corrected chi connectivity index (χ4v) is 4.99. The van der Waals surface area contributed by atoms with Crippen LogP contribution in [0.2, 0.25) is 5.02 Å². The van der Waals surface area contributed by atoms with E-state index in [-0.39, 0.29) is 17.2 Å². The second-order valence-corrected chi connectivity index (χ2v) is 8.69. The maximum atomic E-state index is 12.8. The molecule has 0 aromatic heterocycles. The summed E-state index contributed by atoms with van der Waals surface area (Å²) in [6.45, 7) is 5.72. The van der Waals surface area contributed by atoms with Gasteiger partial charge in [0.05, 0.1) is 5.41 Å². The van der Waals surface area contributed by atoms with Gasteiger partial charge < -0.3 is 9.80 Å². The molecule has 1 saturated carbocycles. The van der Waals surface area contributed by atoms with Crippen molar-refractivity contribution in [1.82, 2.24) is 4.90 Å². The van der Waals surface area contributed by atoms with Gasteiger partial charge in [0.25, 0.3) is 0 Å². The third kappa shape index (κ3) is 3.53. The van der Waals surface area contributed by atoms with E-state index in [1.54, 1.807) is 9.80 Å². The number of nitrogens with one attached hydrogen (secondary N) is 2. The van der Waals surface area contributed by atoms with E-state index < -0.39 is 0 Å². The van der Waals surface area contributed by atoms with Gasteiger partial charge in [0.2, 0.25) is 11.8 Å². The lowest BCUT2D eigenvalue weighted by Gasteiger charge is -2.32. The maximum absolute atomic E-state index is 12.8. The number of carbonyl (C=O) groups excluding carboxylic acids is 2. The van der Waals surface area contributed by atoms with Crippen LogP contribution in [0.4, 0.5) is 0 Å². The summed E-state index contributed by atoms with van der Waals surface area (Å²) in [5, 5.41) is 0.776. The van der Waals surface area contributed by atoms with Crippen molar-refractivity contribution in [2.24, 2.45) is 5.41 Å². The summed E-state index contributed by atoms with van der Waals surface area (Å²) in [7, 11) is 0. The molecular weight excluding hydrogens is 350 g/mol. The third-order valence-electron chi connectivity index (χ3n) is 6.46. The van der Waals surface area contributed by atoms with Gasteiger partial charge in [-0.25, -0.2) is 4.90 Å². The summed E-state index contributed by atoms with van der Waals surface area (Å²) < 4.78 is 0. The van der Waals surface area contributed by atoms with Crippen LogP contribution in [-0.2, 0) is 16.1 Å². The fraction of sp³-hybridized carbons (Fsp3) is 0.600. The van der Waals surface area contributed by atoms with Crippen molar-refractivity contribution in [2.45, 2.75) is 38.6 Å². The van der Waals surface area contributed by atoms with E-state index in [9.17, 15) is 9.59 Å². The molecule has 140 valence electrons. The molecule has 4 rings (SSSR count). The molecule has 1 aromatic carbocycles. The molecule has 0 radical (unpaired) electrons. The van der Waals surface area contributed by atoms with Crippen LogP contribution in [0.3, 0.4) is 0 Å². The van der Waals surface area contributed by atoms with Crippen LogP contribution >= 0.6 is 11.6 Å². The minimum atomic E-state index is -0.335. The lowest BCUT2D eigenvalue weighted by molar-refractivity contribution is -1.02. The molecule has 6 heteroatoms. The predicted molar refractivity (Wildman–Crippen MR) is 98.8 cm³/mol. The maximum Gasteiger partial charge on any atom is 0.240 e. The van der Waals surface area contributed by atoms with Gasteiger partial charge in [-0.1, -0.05) is 36.6 Å². The number of amides is 2. The Morgan fingerprint density at radius 1 is 0.962 bits per heavy atom. The lowest BCUT2D eigenvalue weighted by atomic mass is 9.85. The SMILES string of the molecule is O=C1CC2(CCCC2)C(=O)N1C[NH+]1CC[NH+](Cc2ccc(Cl)cc2)CC1. The zero-order valence-corrected chi connectivity index (χ0v) is 16.0. The average Bonchev–Trinajstić information content (AvgIpc) is 3.19. The predicted octanol–water partition coefficient (Wildman–Crippen LogP) is -0.0998. The zero-order chi connectivity index (χ0) is 18.1. The van der Waals surface area contributed by atoms with E-state index in [2.05, 4.69) is 12.1 Å². The summed E-state index contributed by atoms with van der Waals surface area (Å²) in [6.07, 6.45) is 4.44. The molecule has 2 N–H and O–H groups in total. The first-order valence-electron chi connectivity index (χ1n) is 9.82. The van der Waals surface area contributed by atoms with Gasteiger partial charge in [0, 0.05) is 17.0 Å². The van der Waals surface area contributed by atoms with Crippen molar-refractivity contribution < 1.29 is 19.4 Å². The quantitative estimate of drug-likeness (QED) is 0.720. The second-order valence-electron chi connectivity index (χ2n) is 8.25. The number of imide groups is 1. The summed E-state index contributed by atoms with van der Waals surface area (Å²) in [4.78, 5) is 29.7. The van der Waals surface area contributed by atoms with Crippen molar-refractivity contribution in [2.75, 3.05) is 32.8 Å².